The fourth-order valence-electron chi connectivity index (χ4n) is 4.41. The molecule has 2 N–H and O–H groups in total. The predicted molar refractivity (Wildman–Crippen MR) is 130 cm³/mol. The van der Waals surface area contributed by atoms with Crippen molar-refractivity contribution in [2.45, 2.75) is 5.54 Å². The van der Waals surface area contributed by atoms with Crippen LogP contribution in [0.1, 0.15) is 16.7 Å². The van der Waals surface area contributed by atoms with Crippen LogP contribution in [0.25, 0.3) is 11.3 Å². The minimum Gasteiger partial charge on any atom is -0.423 e. The molecule has 0 amide bonds. The van der Waals surface area contributed by atoms with Crippen molar-refractivity contribution in [2.24, 2.45) is 0 Å². The zero-order valence-electron chi connectivity index (χ0n) is 17.9. The molecule has 2 heterocycles. The van der Waals surface area contributed by atoms with Crippen molar-refractivity contribution in [2.75, 3.05) is 0 Å². The lowest BCUT2D eigenvalue weighted by Gasteiger charge is -2.36. The third-order valence-electron chi connectivity index (χ3n) is 5.87. The van der Waals surface area contributed by atoms with E-state index in [-0.39, 0.29) is 0 Å². The topological polar surface area (TPSA) is 71.2 Å². The second kappa shape index (κ2) is 8.86. The highest BCUT2D eigenvalue weighted by molar-refractivity contribution is 6.60. The molecule has 0 bridgehead atoms. The van der Waals surface area contributed by atoms with Gasteiger partial charge in [-0.1, -0.05) is 91.0 Å². The first kappa shape index (κ1) is 20.9. The number of nitrogens with zero attached hydrogens (tertiary/aromatic N) is 3. The van der Waals surface area contributed by atoms with Crippen molar-refractivity contribution >= 4 is 12.6 Å². The van der Waals surface area contributed by atoms with E-state index in [1.54, 1.807) is 24.7 Å². The van der Waals surface area contributed by atoms with Crippen LogP contribution in [0, 0.1) is 0 Å². The molecule has 5 aromatic rings. The van der Waals surface area contributed by atoms with Crippen molar-refractivity contribution in [3.8, 4) is 11.3 Å². The van der Waals surface area contributed by atoms with Gasteiger partial charge < -0.3 is 10.0 Å². The summed E-state index contributed by atoms with van der Waals surface area (Å²) in [5.41, 5.74) is 3.67. The van der Waals surface area contributed by atoms with Crippen LogP contribution in [0.4, 0.5) is 0 Å². The largest absolute Gasteiger partial charge is 0.492 e. The minimum atomic E-state index is -1.69. The van der Waals surface area contributed by atoms with Crippen molar-refractivity contribution < 1.29 is 10.0 Å². The Balaban J connectivity index is 1.88. The number of aromatic nitrogens is 3. The number of rotatable bonds is 6. The number of hydrogen-bond donors (Lipinski definition) is 2. The van der Waals surface area contributed by atoms with Gasteiger partial charge >= 0.3 is 7.12 Å². The molecule has 3 aromatic carbocycles. The molecule has 0 spiro atoms. The lowest BCUT2D eigenvalue weighted by molar-refractivity contribution is 0.425. The summed E-state index contributed by atoms with van der Waals surface area (Å²) < 4.78 is 1.84. The van der Waals surface area contributed by atoms with Crippen LogP contribution in [-0.4, -0.2) is 31.9 Å². The SMILES string of the molecule is OB(O)c1cn(C(c2ccccc2)(c2ccccc2)c2ccccc2)nc1-c1cccnc1. The lowest BCUT2D eigenvalue weighted by atomic mass is 9.76. The molecule has 5 rings (SSSR count). The molecule has 0 saturated carbocycles. The smallest absolute Gasteiger partial charge is 0.423 e. The first-order chi connectivity index (χ1) is 16.2. The van der Waals surface area contributed by atoms with Crippen LogP contribution in [0.3, 0.4) is 0 Å². The Bertz CT molecular complexity index is 1230. The molecular weight excluding hydrogens is 409 g/mol. The molecule has 160 valence electrons. The van der Waals surface area contributed by atoms with Crippen LogP contribution in [0.2, 0.25) is 0 Å². The lowest BCUT2D eigenvalue weighted by Crippen LogP contribution is -2.39. The molecule has 6 heteroatoms. The van der Waals surface area contributed by atoms with Crippen LogP contribution >= 0.6 is 0 Å². The van der Waals surface area contributed by atoms with E-state index in [0.29, 0.717) is 16.7 Å². The van der Waals surface area contributed by atoms with Gasteiger partial charge in [-0.25, -0.2) is 0 Å². The van der Waals surface area contributed by atoms with Gasteiger partial charge in [0, 0.05) is 29.6 Å². The standard InChI is InChI=1S/C27H22BN3O2/c32-28(33)25-20-31(30-26(25)21-11-10-18-29-19-21)27(22-12-4-1-5-13-22,23-14-6-2-7-15-23)24-16-8-3-9-17-24/h1-20,32-33H. The molecule has 33 heavy (non-hydrogen) atoms. The van der Waals surface area contributed by atoms with E-state index in [1.807, 2.05) is 65.3 Å². The van der Waals surface area contributed by atoms with E-state index < -0.39 is 12.7 Å². The van der Waals surface area contributed by atoms with Crippen molar-refractivity contribution in [1.82, 2.24) is 14.8 Å². The average molecular weight is 431 g/mol. The van der Waals surface area contributed by atoms with Gasteiger partial charge in [-0.2, -0.15) is 5.10 Å². The quantitative estimate of drug-likeness (QED) is 0.319. The average Bonchev–Trinajstić information content (AvgIpc) is 3.33. The highest BCUT2D eigenvalue weighted by Crippen LogP contribution is 2.40. The van der Waals surface area contributed by atoms with Gasteiger partial charge in [-0.15, -0.1) is 0 Å². The molecule has 0 atom stereocenters. The van der Waals surface area contributed by atoms with Gasteiger partial charge in [0.1, 0.15) is 5.54 Å². The number of benzene rings is 3. The van der Waals surface area contributed by atoms with Gasteiger partial charge in [0.05, 0.1) is 5.69 Å². The van der Waals surface area contributed by atoms with E-state index in [9.17, 15) is 10.0 Å². The summed E-state index contributed by atoms with van der Waals surface area (Å²) in [6.45, 7) is 0. The zero-order chi connectivity index (χ0) is 22.7. The van der Waals surface area contributed by atoms with Crippen LogP contribution in [-0.2, 0) is 5.54 Å². The highest BCUT2D eigenvalue weighted by Gasteiger charge is 2.40. The maximum absolute atomic E-state index is 10.2. The van der Waals surface area contributed by atoms with E-state index in [4.69, 9.17) is 5.10 Å². The second-order valence-corrected chi connectivity index (χ2v) is 7.80. The normalized spacial score (nSPS) is 11.3. The maximum Gasteiger partial charge on any atom is 0.492 e. The summed E-state index contributed by atoms with van der Waals surface area (Å²) in [4.78, 5) is 4.19. The summed E-state index contributed by atoms with van der Waals surface area (Å²) >= 11 is 0. The van der Waals surface area contributed by atoms with E-state index in [1.165, 1.54) is 0 Å². The fraction of sp³-hybridized carbons (Fsp3) is 0.0370. The molecule has 0 saturated heterocycles. The Morgan fingerprint density at radius 2 is 1.18 bits per heavy atom. The summed E-state index contributed by atoms with van der Waals surface area (Å²) in [6.07, 6.45) is 5.07. The third kappa shape index (κ3) is 3.65. The Labute approximate surface area is 192 Å². The fourth-order valence-corrected chi connectivity index (χ4v) is 4.41. The third-order valence-corrected chi connectivity index (χ3v) is 5.87. The summed E-state index contributed by atoms with van der Waals surface area (Å²) in [7, 11) is -1.69. The Kier molecular flexibility index (Phi) is 5.61. The monoisotopic (exact) mass is 431 g/mol. The van der Waals surface area contributed by atoms with Gasteiger partial charge in [-0.3, -0.25) is 9.67 Å². The molecule has 0 fully saturated rings. The molecule has 0 unspecified atom stereocenters. The first-order valence-corrected chi connectivity index (χ1v) is 10.7. The van der Waals surface area contributed by atoms with Crippen molar-refractivity contribution in [3.63, 3.8) is 0 Å². The van der Waals surface area contributed by atoms with Gasteiger partial charge in [0.15, 0.2) is 0 Å². The summed E-state index contributed by atoms with van der Waals surface area (Å²) in [5, 5.41) is 25.4. The molecule has 0 aliphatic carbocycles. The zero-order valence-corrected chi connectivity index (χ0v) is 17.9. The number of hydrogen-bond acceptors (Lipinski definition) is 4. The van der Waals surface area contributed by atoms with Gasteiger partial charge in [-0.05, 0) is 28.8 Å². The molecular formula is C27H22BN3O2. The molecule has 2 aromatic heterocycles. The van der Waals surface area contributed by atoms with E-state index in [0.717, 1.165) is 16.7 Å². The molecule has 5 nitrogen and oxygen atoms in total. The van der Waals surface area contributed by atoms with Crippen molar-refractivity contribution in [3.05, 3.63) is 138 Å². The van der Waals surface area contributed by atoms with E-state index >= 15 is 0 Å². The predicted octanol–water partition coefficient (Wildman–Crippen LogP) is 3.47. The molecule has 0 aliphatic heterocycles. The maximum atomic E-state index is 10.2. The molecule has 0 aliphatic rings. The second-order valence-electron chi connectivity index (χ2n) is 7.80. The van der Waals surface area contributed by atoms with Crippen LogP contribution < -0.4 is 5.46 Å². The minimum absolute atomic E-state index is 0.315. The van der Waals surface area contributed by atoms with Crippen LogP contribution in [0.15, 0.2) is 122 Å². The summed E-state index contributed by atoms with van der Waals surface area (Å²) in [6, 6.07) is 34.1. The Morgan fingerprint density at radius 3 is 1.61 bits per heavy atom. The van der Waals surface area contributed by atoms with Crippen LogP contribution in [0.5, 0.6) is 0 Å². The van der Waals surface area contributed by atoms with Gasteiger partial charge in [0.25, 0.3) is 0 Å². The van der Waals surface area contributed by atoms with E-state index in [2.05, 4.69) is 41.4 Å². The number of pyridine rings is 1. The Hall–Kier alpha value is -4.00. The summed E-state index contributed by atoms with van der Waals surface area (Å²) in [5.74, 6) is 0. The van der Waals surface area contributed by atoms with Crippen molar-refractivity contribution in [1.29, 1.82) is 0 Å². The Morgan fingerprint density at radius 1 is 0.667 bits per heavy atom. The van der Waals surface area contributed by atoms with Gasteiger partial charge in [0.2, 0.25) is 0 Å². The first-order valence-electron chi connectivity index (χ1n) is 10.7. The molecule has 0 radical (unpaired) electrons. The highest BCUT2D eigenvalue weighted by atomic mass is 16.4.